The maximum Gasteiger partial charge on any atom is 0.277 e. The van der Waals surface area contributed by atoms with Crippen LogP contribution in [0.5, 0.6) is 5.75 Å². The molecule has 26 heavy (non-hydrogen) atoms. The van der Waals surface area contributed by atoms with E-state index in [2.05, 4.69) is 26.1 Å². The lowest BCUT2D eigenvalue weighted by atomic mass is 10.1. The predicted octanol–water partition coefficient (Wildman–Crippen LogP) is 5.00. The lowest BCUT2D eigenvalue weighted by molar-refractivity contribution is 0.102. The Morgan fingerprint density at radius 1 is 1.12 bits per heavy atom. The number of hydrogen-bond donors (Lipinski definition) is 0. The van der Waals surface area contributed by atoms with Gasteiger partial charge in [-0.2, -0.15) is 0 Å². The van der Waals surface area contributed by atoms with Gasteiger partial charge in [-0.15, -0.1) is 10.2 Å². The maximum absolute atomic E-state index is 12.2. The van der Waals surface area contributed by atoms with Crippen LogP contribution >= 0.6 is 27.7 Å². The number of thioether (sulfide) groups is 1. The molecule has 0 spiro atoms. The Kier molecular flexibility index (Phi) is 6.11. The third kappa shape index (κ3) is 4.74. The second-order valence-electron chi connectivity index (χ2n) is 5.69. The average molecular weight is 433 g/mol. The summed E-state index contributed by atoms with van der Waals surface area (Å²) in [6.07, 6.45) is 0. The van der Waals surface area contributed by atoms with Crippen molar-refractivity contribution in [1.29, 1.82) is 0 Å². The molecule has 1 heterocycles. The van der Waals surface area contributed by atoms with E-state index in [1.54, 1.807) is 12.1 Å². The fraction of sp³-hybridized carbons (Fsp3) is 0.211. The van der Waals surface area contributed by atoms with Crippen LogP contribution in [0.4, 0.5) is 0 Å². The van der Waals surface area contributed by atoms with Gasteiger partial charge in [0.2, 0.25) is 0 Å². The van der Waals surface area contributed by atoms with Crippen LogP contribution in [0.15, 0.2) is 56.6 Å². The Hall–Kier alpha value is -2.12. The number of Topliss-reactive ketones (excluding diaryl/α,β-unsaturated/α-hetero) is 1. The Morgan fingerprint density at radius 3 is 2.50 bits per heavy atom. The van der Waals surface area contributed by atoms with E-state index >= 15 is 0 Å². The zero-order valence-corrected chi connectivity index (χ0v) is 16.8. The molecule has 0 N–H and O–H groups in total. The summed E-state index contributed by atoms with van der Waals surface area (Å²) in [6, 6.07) is 13.2. The first-order chi connectivity index (χ1) is 12.5. The van der Waals surface area contributed by atoms with Gasteiger partial charge in [0, 0.05) is 10.0 Å². The maximum atomic E-state index is 12.2. The van der Waals surface area contributed by atoms with Crippen molar-refractivity contribution in [2.45, 2.75) is 25.7 Å². The van der Waals surface area contributed by atoms with E-state index in [4.69, 9.17) is 9.15 Å². The zero-order valence-electron chi connectivity index (χ0n) is 14.4. The molecular formula is C19H17BrN2O3S. The molecule has 0 amide bonds. The van der Waals surface area contributed by atoms with Gasteiger partial charge in [-0.3, -0.25) is 4.79 Å². The monoisotopic (exact) mass is 432 g/mol. The van der Waals surface area contributed by atoms with Crippen molar-refractivity contribution in [1.82, 2.24) is 10.2 Å². The second kappa shape index (κ2) is 8.51. The van der Waals surface area contributed by atoms with Crippen molar-refractivity contribution in [3.05, 3.63) is 69.5 Å². The minimum atomic E-state index is 0.00837. The topological polar surface area (TPSA) is 65.2 Å². The van der Waals surface area contributed by atoms with Crippen LogP contribution in [0.3, 0.4) is 0 Å². The van der Waals surface area contributed by atoms with Crippen LogP contribution in [0.1, 0.15) is 27.4 Å². The quantitative estimate of drug-likeness (QED) is 0.386. The number of benzene rings is 2. The number of ketones is 1. The summed E-state index contributed by atoms with van der Waals surface area (Å²) >= 11 is 4.57. The second-order valence-corrected chi connectivity index (χ2v) is 7.53. The lowest BCUT2D eigenvalue weighted by Gasteiger charge is -2.09. The van der Waals surface area contributed by atoms with Crippen LogP contribution in [-0.4, -0.2) is 21.7 Å². The highest BCUT2D eigenvalue weighted by Gasteiger charge is 2.12. The predicted molar refractivity (Wildman–Crippen MR) is 104 cm³/mol. The van der Waals surface area contributed by atoms with Gasteiger partial charge in [0.25, 0.3) is 11.1 Å². The Balaban J connectivity index is 1.55. The number of nitrogens with zero attached hydrogens (tertiary/aromatic N) is 2. The molecule has 0 aliphatic rings. The van der Waals surface area contributed by atoms with E-state index in [0.29, 0.717) is 16.7 Å². The average Bonchev–Trinajstić information content (AvgIpc) is 3.08. The normalized spacial score (nSPS) is 10.7. The largest absolute Gasteiger partial charge is 0.483 e. The molecule has 0 unspecified atom stereocenters. The van der Waals surface area contributed by atoms with Gasteiger partial charge < -0.3 is 9.15 Å². The van der Waals surface area contributed by atoms with E-state index in [-0.39, 0.29) is 18.1 Å². The molecule has 0 aliphatic carbocycles. The summed E-state index contributed by atoms with van der Waals surface area (Å²) in [5.41, 5.74) is 2.76. The van der Waals surface area contributed by atoms with Crippen LogP contribution in [0.25, 0.3) is 0 Å². The van der Waals surface area contributed by atoms with E-state index in [0.717, 1.165) is 21.3 Å². The van der Waals surface area contributed by atoms with Gasteiger partial charge in [-0.05, 0) is 37.1 Å². The highest BCUT2D eigenvalue weighted by Crippen LogP contribution is 2.24. The minimum absolute atomic E-state index is 0.00837. The van der Waals surface area contributed by atoms with E-state index < -0.39 is 0 Å². The van der Waals surface area contributed by atoms with E-state index in [1.807, 2.05) is 44.2 Å². The van der Waals surface area contributed by atoms with Crippen LogP contribution in [-0.2, 0) is 6.61 Å². The van der Waals surface area contributed by atoms with Gasteiger partial charge in [-0.1, -0.05) is 58.0 Å². The molecule has 0 aliphatic heterocycles. The van der Waals surface area contributed by atoms with Gasteiger partial charge in [-0.25, -0.2) is 0 Å². The molecule has 7 heteroatoms. The van der Waals surface area contributed by atoms with Crippen LogP contribution < -0.4 is 4.74 Å². The molecule has 0 saturated carbocycles. The van der Waals surface area contributed by atoms with Gasteiger partial charge in [0.05, 0.1) is 5.75 Å². The molecule has 5 nitrogen and oxygen atoms in total. The molecule has 0 atom stereocenters. The molecule has 3 rings (SSSR count). The minimum Gasteiger partial charge on any atom is -0.483 e. The third-order valence-electron chi connectivity index (χ3n) is 3.69. The van der Waals surface area contributed by atoms with Gasteiger partial charge >= 0.3 is 0 Å². The number of carbonyl (C=O) groups is 1. The van der Waals surface area contributed by atoms with Crippen LogP contribution in [0, 0.1) is 13.8 Å². The molecule has 1 aromatic heterocycles. The number of aryl methyl sites for hydroxylation is 2. The lowest BCUT2D eigenvalue weighted by Crippen LogP contribution is -2.01. The Morgan fingerprint density at radius 2 is 1.81 bits per heavy atom. The molecule has 3 aromatic rings. The summed E-state index contributed by atoms with van der Waals surface area (Å²) in [4.78, 5) is 12.2. The Labute approximate surface area is 164 Å². The van der Waals surface area contributed by atoms with Crippen molar-refractivity contribution >= 4 is 33.5 Å². The number of halogens is 1. The molecule has 0 bridgehead atoms. The first kappa shape index (κ1) is 18.7. The summed E-state index contributed by atoms with van der Waals surface area (Å²) in [7, 11) is 0. The van der Waals surface area contributed by atoms with Crippen molar-refractivity contribution in [2.75, 3.05) is 5.75 Å². The Bertz CT molecular complexity index is 889. The third-order valence-corrected chi connectivity index (χ3v) is 5.04. The summed E-state index contributed by atoms with van der Waals surface area (Å²) in [6.45, 7) is 4.18. The number of hydrogen-bond acceptors (Lipinski definition) is 6. The van der Waals surface area contributed by atoms with Crippen molar-refractivity contribution in [3.63, 3.8) is 0 Å². The van der Waals surface area contributed by atoms with E-state index in [1.165, 1.54) is 11.8 Å². The highest BCUT2D eigenvalue weighted by atomic mass is 79.9. The first-order valence-corrected chi connectivity index (χ1v) is 9.74. The molecule has 0 radical (unpaired) electrons. The molecule has 134 valence electrons. The zero-order chi connectivity index (χ0) is 18.5. The number of ether oxygens (including phenoxy) is 1. The molecule has 0 saturated heterocycles. The molecule has 0 fully saturated rings. The van der Waals surface area contributed by atoms with Gasteiger partial charge in [0.1, 0.15) is 5.75 Å². The summed E-state index contributed by atoms with van der Waals surface area (Å²) < 4.78 is 12.3. The van der Waals surface area contributed by atoms with E-state index in [9.17, 15) is 4.79 Å². The number of para-hydroxylation sites is 1. The first-order valence-electron chi connectivity index (χ1n) is 7.96. The number of aromatic nitrogens is 2. The molecule has 2 aromatic carbocycles. The highest BCUT2D eigenvalue weighted by molar-refractivity contribution is 9.10. The molecular weight excluding hydrogens is 416 g/mol. The van der Waals surface area contributed by atoms with Gasteiger partial charge in [0.15, 0.2) is 12.4 Å². The smallest absolute Gasteiger partial charge is 0.277 e. The standard InChI is InChI=1S/C19H17BrN2O3S/c1-12-4-3-5-13(2)18(12)24-10-17-21-22-19(25-17)26-11-16(23)14-6-8-15(20)9-7-14/h3-9H,10-11H2,1-2H3. The number of carbonyl (C=O) groups excluding carboxylic acids is 1. The van der Waals surface area contributed by atoms with Crippen molar-refractivity contribution in [3.8, 4) is 5.75 Å². The summed E-state index contributed by atoms with van der Waals surface area (Å²) in [5.74, 6) is 1.45. The van der Waals surface area contributed by atoms with Crippen molar-refractivity contribution < 1.29 is 13.9 Å². The van der Waals surface area contributed by atoms with Crippen LogP contribution in [0.2, 0.25) is 0 Å². The fourth-order valence-electron chi connectivity index (χ4n) is 2.36. The summed E-state index contributed by atoms with van der Waals surface area (Å²) in [5, 5.41) is 8.29. The number of rotatable bonds is 7. The van der Waals surface area contributed by atoms with Crippen molar-refractivity contribution in [2.24, 2.45) is 0 Å². The fourth-order valence-corrected chi connectivity index (χ4v) is 3.30. The SMILES string of the molecule is Cc1cccc(C)c1OCc1nnc(SCC(=O)c2ccc(Br)cc2)o1.